The fraction of sp³-hybridized carbons (Fsp3) is 0.304. The molecule has 2 heterocycles. The molecule has 0 spiro atoms. The van der Waals surface area contributed by atoms with Gasteiger partial charge >= 0.3 is 0 Å². The number of ether oxygens (including phenoxy) is 1. The van der Waals surface area contributed by atoms with E-state index in [-0.39, 0.29) is 17.6 Å². The summed E-state index contributed by atoms with van der Waals surface area (Å²) in [5, 5.41) is 4.05. The molecule has 2 aliphatic rings. The number of fused-ring (bicyclic) bond motifs is 1. The fourth-order valence-electron chi connectivity index (χ4n) is 3.85. The number of hydrogen-bond donors (Lipinski definition) is 0. The van der Waals surface area contributed by atoms with Crippen molar-refractivity contribution in [1.82, 2.24) is 4.90 Å². The van der Waals surface area contributed by atoms with Gasteiger partial charge in [-0.15, -0.1) is 0 Å². The van der Waals surface area contributed by atoms with E-state index in [9.17, 15) is 9.59 Å². The number of rotatable bonds is 6. The van der Waals surface area contributed by atoms with Crippen molar-refractivity contribution < 1.29 is 19.2 Å². The van der Waals surface area contributed by atoms with Crippen molar-refractivity contribution in [3.63, 3.8) is 0 Å². The second-order valence-corrected chi connectivity index (χ2v) is 7.28. The molecule has 0 fully saturated rings. The van der Waals surface area contributed by atoms with Crippen LogP contribution in [-0.4, -0.2) is 52.6 Å². The van der Waals surface area contributed by atoms with Crippen LogP contribution in [0.1, 0.15) is 36.7 Å². The lowest BCUT2D eigenvalue weighted by molar-refractivity contribution is -0.166. The number of Topliss-reactive ketones (excluding diaryl/α,β-unsaturated/α-hetero) is 1. The van der Waals surface area contributed by atoms with Gasteiger partial charge in [0.1, 0.15) is 0 Å². The summed E-state index contributed by atoms with van der Waals surface area (Å²) in [4.78, 5) is 39.0. The van der Waals surface area contributed by atoms with Crippen LogP contribution in [0.2, 0.25) is 0 Å². The van der Waals surface area contributed by atoms with Crippen LogP contribution in [-0.2, 0) is 14.4 Å². The summed E-state index contributed by atoms with van der Waals surface area (Å²) < 4.78 is 6.25. The number of oxime groups is 1. The van der Waals surface area contributed by atoms with E-state index in [0.29, 0.717) is 24.2 Å². The highest BCUT2D eigenvalue weighted by Crippen LogP contribution is 2.45. The third kappa shape index (κ3) is 2.73. The van der Waals surface area contributed by atoms with E-state index in [1.54, 1.807) is 36.1 Å². The highest BCUT2D eigenvalue weighted by atomic mass is 16.7. The highest BCUT2D eigenvalue weighted by Gasteiger charge is 2.73. The Hall–Kier alpha value is -3.48. The van der Waals surface area contributed by atoms with Gasteiger partial charge in [-0.05, 0) is 32.9 Å². The minimum atomic E-state index is -1.81. The summed E-state index contributed by atoms with van der Waals surface area (Å²) >= 11 is 0. The summed E-state index contributed by atoms with van der Waals surface area (Å²) in [7, 11) is 0. The van der Waals surface area contributed by atoms with E-state index in [4.69, 9.17) is 9.57 Å². The predicted molar refractivity (Wildman–Crippen MR) is 112 cm³/mol. The van der Waals surface area contributed by atoms with Crippen molar-refractivity contribution in [2.24, 2.45) is 10.1 Å². The van der Waals surface area contributed by atoms with Crippen molar-refractivity contribution >= 4 is 23.4 Å². The molecular formula is C23H23N3O4. The molecule has 0 saturated carbocycles. The molecule has 0 N–H and O–H groups in total. The first kappa shape index (κ1) is 19.8. The number of carbonyl (C=O) groups is 2. The Morgan fingerprint density at radius 1 is 0.967 bits per heavy atom. The molecule has 0 aliphatic carbocycles. The van der Waals surface area contributed by atoms with Crippen LogP contribution in [0.15, 0.2) is 70.8 Å². The monoisotopic (exact) mass is 405 g/mol. The second-order valence-electron chi connectivity index (χ2n) is 7.28. The third-order valence-electron chi connectivity index (χ3n) is 5.59. The molecule has 0 saturated heterocycles. The van der Waals surface area contributed by atoms with Crippen LogP contribution < -0.4 is 0 Å². The molecule has 0 aromatic heterocycles. The summed E-state index contributed by atoms with van der Waals surface area (Å²) in [5.74, 6) is -0.504. The maximum absolute atomic E-state index is 13.8. The first-order chi connectivity index (χ1) is 14.5. The molecule has 2 aromatic rings. The molecule has 4 rings (SSSR count). The molecule has 0 radical (unpaired) electrons. The van der Waals surface area contributed by atoms with E-state index >= 15 is 0 Å². The SMILES string of the molecule is CCN(CC)C(=O)[C@@]1(C)ON=C2N=C(c3ccccc3)O[C@@]21C(=O)c1ccccc1. The average molecular weight is 405 g/mol. The maximum Gasteiger partial charge on any atom is 0.285 e. The molecule has 1 amide bonds. The first-order valence-electron chi connectivity index (χ1n) is 9.97. The van der Waals surface area contributed by atoms with Gasteiger partial charge in [-0.3, -0.25) is 9.59 Å². The number of hydrogen-bond acceptors (Lipinski definition) is 6. The Balaban J connectivity index is 1.85. The van der Waals surface area contributed by atoms with Crippen LogP contribution in [0, 0.1) is 0 Å². The number of amides is 1. The van der Waals surface area contributed by atoms with Crippen molar-refractivity contribution in [2.75, 3.05) is 13.1 Å². The van der Waals surface area contributed by atoms with Crippen LogP contribution >= 0.6 is 0 Å². The number of amidine groups is 1. The lowest BCUT2D eigenvalue weighted by atomic mass is 9.77. The van der Waals surface area contributed by atoms with Crippen LogP contribution in [0.25, 0.3) is 0 Å². The number of benzene rings is 2. The van der Waals surface area contributed by atoms with Gasteiger partial charge in [0.2, 0.25) is 17.5 Å². The predicted octanol–water partition coefficient (Wildman–Crippen LogP) is 3.06. The van der Waals surface area contributed by atoms with Gasteiger partial charge in [-0.25, -0.2) is 0 Å². The van der Waals surface area contributed by atoms with E-state index in [1.807, 2.05) is 50.2 Å². The number of likely N-dealkylation sites (N-methyl/N-ethyl adjacent to an activating group) is 1. The zero-order valence-corrected chi connectivity index (χ0v) is 17.2. The minimum absolute atomic E-state index is 0.0539. The maximum atomic E-state index is 13.8. The topological polar surface area (TPSA) is 80.6 Å². The number of nitrogens with zero attached hydrogens (tertiary/aromatic N) is 3. The lowest BCUT2D eigenvalue weighted by Gasteiger charge is -2.38. The minimum Gasteiger partial charge on any atom is -0.448 e. The molecule has 0 bridgehead atoms. The number of carbonyl (C=O) groups excluding carboxylic acids is 2. The van der Waals surface area contributed by atoms with Crippen molar-refractivity contribution in [1.29, 1.82) is 0 Å². The van der Waals surface area contributed by atoms with Gasteiger partial charge in [0, 0.05) is 24.2 Å². The van der Waals surface area contributed by atoms with E-state index in [1.165, 1.54) is 0 Å². The quantitative estimate of drug-likeness (QED) is 0.692. The molecule has 0 unspecified atom stereocenters. The van der Waals surface area contributed by atoms with Crippen molar-refractivity contribution in [3.05, 3.63) is 71.8 Å². The van der Waals surface area contributed by atoms with E-state index < -0.39 is 17.0 Å². The Morgan fingerprint density at radius 2 is 1.57 bits per heavy atom. The van der Waals surface area contributed by atoms with E-state index in [0.717, 1.165) is 0 Å². The van der Waals surface area contributed by atoms with Gasteiger partial charge in [0.15, 0.2) is 0 Å². The summed E-state index contributed by atoms with van der Waals surface area (Å²) in [5.41, 5.74) is -2.42. The largest absolute Gasteiger partial charge is 0.448 e. The van der Waals surface area contributed by atoms with E-state index in [2.05, 4.69) is 10.1 Å². The molecule has 30 heavy (non-hydrogen) atoms. The van der Waals surface area contributed by atoms with Gasteiger partial charge in [0.25, 0.3) is 17.1 Å². The molecular weight excluding hydrogens is 382 g/mol. The highest BCUT2D eigenvalue weighted by molar-refractivity contribution is 6.29. The van der Waals surface area contributed by atoms with Gasteiger partial charge in [0.05, 0.1) is 0 Å². The lowest BCUT2D eigenvalue weighted by Crippen LogP contribution is -2.66. The zero-order chi connectivity index (χ0) is 21.4. The Bertz CT molecular complexity index is 1030. The third-order valence-corrected chi connectivity index (χ3v) is 5.59. The Kier molecular flexibility index (Phi) is 4.89. The average Bonchev–Trinajstić information content (AvgIpc) is 3.32. The molecule has 2 aromatic carbocycles. The van der Waals surface area contributed by atoms with Gasteiger partial charge in [-0.1, -0.05) is 53.7 Å². The number of ketones is 1. The molecule has 2 atom stereocenters. The molecule has 2 aliphatic heterocycles. The summed E-state index contributed by atoms with van der Waals surface area (Å²) in [6, 6.07) is 17.9. The van der Waals surface area contributed by atoms with Crippen LogP contribution in [0.4, 0.5) is 0 Å². The normalized spacial score (nSPS) is 24.2. The van der Waals surface area contributed by atoms with Crippen LogP contribution in [0.3, 0.4) is 0 Å². The molecule has 7 nitrogen and oxygen atoms in total. The van der Waals surface area contributed by atoms with Crippen LogP contribution in [0.5, 0.6) is 0 Å². The fourth-order valence-corrected chi connectivity index (χ4v) is 3.85. The van der Waals surface area contributed by atoms with Gasteiger partial charge in [-0.2, -0.15) is 4.99 Å². The summed E-state index contributed by atoms with van der Waals surface area (Å²) in [6.45, 7) is 6.22. The van der Waals surface area contributed by atoms with Gasteiger partial charge < -0.3 is 14.5 Å². The zero-order valence-electron chi connectivity index (χ0n) is 17.2. The Morgan fingerprint density at radius 3 is 2.17 bits per heavy atom. The smallest absolute Gasteiger partial charge is 0.285 e. The molecule has 7 heteroatoms. The van der Waals surface area contributed by atoms with Crippen molar-refractivity contribution in [2.45, 2.75) is 32.0 Å². The summed E-state index contributed by atoms with van der Waals surface area (Å²) in [6.07, 6.45) is 0. The first-order valence-corrected chi connectivity index (χ1v) is 9.97. The Labute approximate surface area is 175 Å². The molecule has 154 valence electrons. The van der Waals surface area contributed by atoms with Crippen molar-refractivity contribution in [3.8, 4) is 0 Å². The second kappa shape index (κ2) is 7.40. The standard InChI is InChI=1S/C23H23N3O4/c1-4-26(5-2)21(28)22(3)23(18(27)16-12-8-6-9-13-16)20(25-30-22)24-19(29-23)17-14-10-7-11-15-17/h6-15H,4-5H2,1-3H3/t22-,23+/m1/s1. The number of aliphatic imine (C=N–C) groups is 1.